The fourth-order valence-corrected chi connectivity index (χ4v) is 0.256. The van der Waals surface area contributed by atoms with Gasteiger partial charge in [-0.25, -0.2) is 4.39 Å². The van der Waals surface area contributed by atoms with Gasteiger partial charge in [0.1, 0.15) is 5.67 Å². The van der Waals surface area contributed by atoms with Crippen LogP contribution in [0.4, 0.5) is 4.39 Å². The molecule has 0 aromatic heterocycles. The summed E-state index contributed by atoms with van der Waals surface area (Å²) in [6.45, 7) is 5.60. The summed E-state index contributed by atoms with van der Waals surface area (Å²) in [6.07, 6.45) is 1.57. The van der Waals surface area contributed by atoms with Crippen LogP contribution in [-0.4, -0.2) is 25.3 Å². The van der Waals surface area contributed by atoms with Crippen LogP contribution in [0.1, 0.15) is 33.6 Å². The van der Waals surface area contributed by atoms with Crippen molar-refractivity contribution >= 4 is 5.97 Å². The van der Waals surface area contributed by atoms with Crippen molar-refractivity contribution in [2.45, 2.75) is 39.3 Å². The van der Waals surface area contributed by atoms with Crippen LogP contribution in [0.5, 0.6) is 0 Å². The molecule has 1 aliphatic rings. The van der Waals surface area contributed by atoms with Crippen molar-refractivity contribution in [1.29, 1.82) is 0 Å². The number of ether oxygens (including phenoxy) is 1. The molecule has 0 radical (unpaired) electrons. The second-order valence-electron chi connectivity index (χ2n) is 2.69. The van der Waals surface area contributed by atoms with Crippen LogP contribution in [-0.2, 0) is 9.53 Å². The number of methoxy groups -OCH3 is 1. The molecule has 13 heavy (non-hydrogen) atoms. The lowest BCUT2D eigenvalue weighted by Gasteiger charge is -1.87. The average molecular weight is 193 g/mol. The molecule has 0 heterocycles. The third-order valence-electron chi connectivity index (χ3n) is 1.33. The van der Waals surface area contributed by atoms with Gasteiger partial charge in [0.15, 0.2) is 0 Å². The van der Waals surface area contributed by atoms with Crippen LogP contribution in [0.2, 0.25) is 0 Å². The summed E-state index contributed by atoms with van der Waals surface area (Å²) in [5, 5.41) is 0. The van der Waals surface area contributed by atoms with E-state index in [0.29, 0.717) is 0 Å². The van der Waals surface area contributed by atoms with Crippen LogP contribution in [0.3, 0.4) is 0 Å². The normalized spacial score (nSPS) is 15.5. The van der Waals surface area contributed by atoms with Gasteiger partial charge >= 0.3 is 5.97 Å². The Morgan fingerprint density at radius 3 is 1.85 bits per heavy atom. The molecule has 1 saturated carbocycles. The predicted octanol–water partition coefficient (Wildman–Crippen LogP) is 1.65. The van der Waals surface area contributed by atoms with E-state index < -0.39 is 5.67 Å². The minimum Gasteiger partial charge on any atom is -0.468 e. The monoisotopic (exact) mass is 193 g/mol. The Morgan fingerprint density at radius 1 is 1.54 bits per heavy atom. The first kappa shape index (κ1) is 14.9. The highest BCUT2D eigenvalue weighted by Crippen LogP contribution is 2.38. The van der Waals surface area contributed by atoms with Gasteiger partial charge in [-0.05, 0) is 19.8 Å². The molecular weight excluding hydrogens is 173 g/mol. The maximum Gasteiger partial charge on any atom is 0.319 e. The standard InChI is InChI=1S/C4H7F.C3H7NO2.C2H6/c1-4(5)2-3-4;1-6-3(5)2-4;1-2/h2-3H2,1H3;2,4H2,1H3;1-2H3. The molecular formula is C9H20FNO2. The summed E-state index contributed by atoms with van der Waals surface area (Å²) in [7, 11) is 1.30. The van der Waals surface area contributed by atoms with Crippen LogP contribution in [0.25, 0.3) is 0 Å². The highest BCUT2D eigenvalue weighted by Gasteiger charge is 2.36. The molecule has 0 bridgehead atoms. The van der Waals surface area contributed by atoms with Gasteiger partial charge in [0, 0.05) is 0 Å². The van der Waals surface area contributed by atoms with Crippen molar-refractivity contribution < 1.29 is 13.9 Å². The van der Waals surface area contributed by atoms with Gasteiger partial charge in [0.25, 0.3) is 0 Å². The van der Waals surface area contributed by atoms with Crippen molar-refractivity contribution in [3.8, 4) is 0 Å². The zero-order valence-electron chi connectivity index (χ0n) is 8.89. The number of carbonyl (C=O) groups is 1. The Hall–Kier alpha value is -0.640. The molecule has 0 aromatic carbocycles. The Bertz CT molecular complexity index is 126. The fourth-order valence-electron chi connectivity index (χ4n) is 0.256. The molecule has 0 unspecified atom stereocenters. The van der Waals surface area contributed by atoms with Crippen LogP contribution < -0.4 is 5.73 Å². The van der Waals surface area contributed by atoms with Gasteiger partial charge < -0.3 is 10.5 Å². The van der Waals surface area contributed by atoms with Crippen LogP contribution >= 0.6 is 0 Å². The number of nitrogens with two attached hydrogens (primary N) is 1. The lowest BCUT2D eigenvalue weighted by molar-refractivity contribution is -0.138. The second kappa shape index (κ2) is 7.98. The van der Waals surface area contributed by atoms with Gasteiger partial charge in [-0.2, -0.15) is 0 Å². The smallest absolute Gasteiger partial charge is 0.319 e. The van der Waals surface area contributed by atoms with Gasteiger partial charge in [-0.1, -0.05) is 13.8 Å². The SMILES string of the molecule is CC.CC1(F)CC1.COC(=O)CN. The Labute approximate surface area is 79.4 Å². The lowest BCUT2D eigenvalue weighted by atomic mass is 10.5. The Balaban J connectivity index is 0. The summed E-state index contributed by atoms with van der Waals surface area (Å²) in [6, 6.07) is 0. The fraction of sp³-hybridized carbons (Fsp3) is 0.889. The molecule has 3 nitrogen and oxygen atoms in total. The van der Waals surface area contributed by atoms with Crippen molar-refractivity contribution in [1.82, 2.24) is 0 Å². The Kier molecular flexibility index (Phi) is 9.12. The van der Waals surface area contributed by atoms with Gasteiger partial charge in [0.2, 0.25) is 0 Å². The van der Waals surface area contributed by atoms with Crippen LogP contribution in [0, 0.1) is 0 Å². The molecule has 0 spiro atoms. The average Bonchev–Trinajstić information content (AvgIpc) is 2.84. The van der Waals surface area contributed by atoms with E-state index >= 15 is 0 Å². The molecule has 0 saturated heterocycles. The molecule has 0 aliphatic heterocycles. The maximum absolute atomic E-state index is 11.8. The molecule has 2 N–H and O–H groups in total. The zero-order chi connectivity index (χ0) is 10.9. The largest absolute Gasteiger partial charge is 0.468 e. The van der Waals surface area contributed by atoms with E-state index in [2.05, 4.69) is 4.74 Å². The van der Waals surface area contributed by atoms with Crippen molar-refractivity contribution in [3.63, 3.8) is 0 Å². The van der Waals surface area contributed by atoms with Crippen LogP contribution in [0.15, 0.2) is 0 Å². The number of rotatable bonds is 1. The topological polar surface area (TPSA) is 52.3 Å². The van der Waals surface area contributed by atoms with Gasteiger partial charge in [-0.15, -0.1) is 0 Å². The van der Waals surface area contributed by atoms with E-state index in [0.717, 1.165) is 12.8 Å². The maximum atomic E-state index is 11.8. The number of carbonyl (C=O) groups excluding carboxylic acids is 1. The molecule has 80 valence electrons. The van der Waals surface area contributed by atoms with Crippen molar-refractivity contribution in [3.05, 3.63) is 0 Å². The number of halogens is 1. The Morgan fingerprint density at radius 2 is 1.85 bits per heavy atom. The molecule has 0 amide bonds. The van der Waals surface area contributed by atoms with E-state index in [-0.39, 0.29) is 12.5 Å². The summed E-state index contributed by atoms with van der Waals surface area (Å²) in [4.78, 5) is 9.83. The summed E-state index contributed by atoms with van der Waals surface area (Å²) >= 11 is 0. The van der Waals surface area contributed by atoms with E-state index in [1.807, 2.05) is 13.8 Å². The quantitative estimate of drug-likeness (QED) is 0.644. The molecule has 1 fully saturated rings. The van der Waals surface area contributed by atoms with Gasteiger partial charge in [-0.3, -0.25) is 4.79 Å². The molecule has 0 aromatic rings. The highest BCUT2D eigenvalue weighted by molar-refractivity contribution is 5.70. The minimum absolute atomic E-state index is 0.0312. The lowest BCUT2D eigenvalue weighted by Crippen LogP contribution is -2.14. The third kappa shape index (κ3) is 14.2. The second-order valence-corrected chi connectivity index (χ2v) is 2.69. The van der Waals surface area contributed by atoms with Crippen molar-refractivity contribution in [2.75, 3.05) is 13.7 Å². The number of esters is 1. The summed E-state index contributed by atoms with van der Waals surface area (Å²) < 4.78 is 15.9. The first-order valence-corrected chi connectivity index (χ1v) is 4.47. The molecule has 1 aliphatic carbocycles. The van der Waals surface area contributed by atoms with E-state index in [1.165, 1.54) is 7.11 Å². The number of hydrogen-bond donors (Lipinski definition) is 1. The van der Waals surface area contributed by atoms with E-state index in [1.54, 1.807) is 6.92 Å². The first-order valence-electron chi connectivity index (χ1n) is 4.47. The number of hydrogen-bond acceptors (Lipinski definition) is 3. The summed E-state index contributed by atoms with van der Waals surface area (Å²) in [5.41, 5.74) is 4.06. The molecule has 4 heteroatoms. The molecule has 0 atom stereocenters. The van der Waals surface area contributed by atoms with E-state index in [9.17, 15) is 9.18 Å². The minimum atomic E-state index is -0.750. The highest BCUT2D eigenvalue weighted by atomic mass is 19.1. The van der Waals surface area contributed by atoms with Gasteiger partial charge in [0.05, 0.1) is 13.7 Å². The zero-order valence-corrected chi connectivity index (χ0v) is 8.89. The predicted molar refractivity (Wildman–Crippen MR) is 51.2 cm³/mol. The third-order valence-corrected chi connectivity index (χ3v) is 1.33. The van der Waals surface area contributed by atoms with E-state index in [4.69, 9.17) is 5.73 Å². The summed E-state index contributed by atoms with van der Waals surface area (Å²) in [5.74, 6) is -0.380. The molecule has 1 rings (SSSR count). The number of alkyl halides is 1. The van der Waals surface area contributed by atoms with Crippen molar-refractivity contribution in [2.24, 2.45) is 5.73 Å². The first-order chi connectivity index (χ1) is 6.02.